The molecule has 0 amide bonds. The second-order valence-corrected chi connectivity index (χ2v) is 19.8. The number of nitrogens with zero attached hydrogens (tertiary/aromatic N) is 8. The first-order chi connectivity index (χ1) is 30.3. The SMILES string of the molecule is [B]P(=O)(OC)O[C@H]1[C@@H](F)[C@H](n2cnc3c(N)ncnc32)O[C@@H]1CO[P@@](=O)(O[C@H]1[C@@H](F)[C@H](n2cnc3c(N)ncnc32)O[C@@H]1C)SCc1ccc(COCCOCCOCCN)cc1. The monoisotopic (exact) mass is 939 g/mol. The minimum Gasteiger partial charge on any atom is -0.382 e. The van der Waals surface area contributed by atoms with Gasteiger partial charge in [-0.05, 0) is 29.4 Å². The van der Waals surface area contributed by atoms with Crippen LogP contribution >= 0.6 is 25.7 Å². The summed E-state index contributed by atoms with van der Waals surface area (Å²) in [6, 6.07) is 7.26. The molecule has 6 heterocycles. The molecule has 2 aliphatic rings. The second kappa shape index (κ2) is 21.0. The van der Waals surface area contributed by atoms with Crippen molar-refractivity contribution in [2.24, 2.45) is 5.73 Å². The molecule has 0 aliphatic carbocycles. The molecule has 0 saturated carbocycles. The van der Waals surface area contributed by atoms with Crippen molar-refractivity contribution in [1.29, 1.82) is 0 Å². The lowest BCUT2D eigenvalue weighted by atomic mass is 10.1. The highest BCUT2D eigenvalue weighted by atomic mass is 32.7. The van der Waals surface area contributed by atoms with E-state index < -0.39 is 70.1 Å². The van der Waals surface area contributed by atoms with Crippen LogP contribution in [0.15, 0.2) is 49.6 Å². The van der Waals surface area contributed by atoms with Gasteiger partial charge >= 0.3 is 6.80 Å². The predicted molar refractivity (Wildman–Crippen MR) is 225 cm³/mol. The first kappa shape index (κ1) is 47.2. The number of fused-ring (bicyclic) bond motifs is 2. The number of ether oxygens (including phenoxy) is 5. The van der Waals surface area contributed by atoms with Crippen molar-refractivity contribution >= 4 is 67.2 Å². The van der Waals surface area contributed by atoms with Crippen LogP contribution in [0.25, 0.3) is 22.3 Å². The third-order valence-electron chi connectivity index (χ3n) is 9.85. The van der Waals surface area contributed by atoms with Gasteiger partial charge in [-0.1, -0.05) is 24.3 Å². The summed E-state index contributed by atoms with van der Waals surface area (Å²) in [5.74, 6) is 0.161. The van der Waals surface area contributed by atoms with E-state index in [0.29, 0.717) is 51.7 Å². The van der Waals surface area contributed by atoms with E-state index in [1.807, 2.05) is 12.1 Å². The Labute approximate surface area is 364 Å². The molecular weight excluding hydrogens is 893 g/mol. The van der Waals surface area contributed by atoms with Gasteiger partial charge in [-0.15, -0.1) is 0 Å². The van der Waals surface area contributed by atoms with Crippen molar-refractivity contribution in [1.82, 2.24) is 39.0 Å². The Morgan fingerprint density at radius 2 is 1.33 bits per heavy atom. The number of hydrogen-bond donors (Lipinski definition) is 3. The Morgan fingerprint density at radius 1 is 0.778 bits per heavy atom. The maximum atomic E-state index is 16.5. The third kappa shape index (κ3) is 11.2. The van der Waals surface area contributed by atoms with Crippen molar-refractivity contribution < 1.29 is 59.7 Å². The van der Waals surface area contributed by atoms with E-state index in [4.69, 9.17) is 66.5 Å². The van der Waals surface area contributed by atoms with E-state index in [1.54, 1.807) is 12.1 Å². The zero-order valence-corrected chi connectivity index (χ0v) is 36.6. The molecule has 4 aromatic heterocycles. The number of rotatable bonds is 23. The molecule has 0 spiro atoms. The lowest BCUT2D eigenvalue weighted by molar-refractivity contribution is -0.0428. The number of anilines is 2. The van der Waals surface area contributed by atoms with Crippen molar-refractivity contribution in [2.75, 3.05) is 64.8 Å². The summed E-state index contributed by atoms with van der Waals surface area (Å²) in [6.45, 7) is -0.778. The maximum absolute atomic E-state index is 16.5. The van der Waals surface area contributed by atoms with E-state index in [0.717, 1.165) is 30.4 Å². The highest BCUT2D eigenvalue weighted by Gasteiger charge is 2.52. The van der Waals surface area contributed by atoms with Crippen molar-refractivity contribution in [2.45, 2.75) is 68.5 Å². The summed E-state index contributed by atoms with van der Waals surface area (Å²) >= 11 is 0.743. The van der Waals surface area contributed by atoms with Crippen LogP contribution in [-0.2, 0) is 63.3 Å². The van der Waals surface area contributed by atoms with Gasteiger partial charge in [0.1, 0.15) is 42.0 Å². The molecular formula is C35H46BF2N11O11P2S. The van der Waals surface area contributed by atoms with E-state index in [2.05, 4.69) is 29.9 Å². The molecule has 63 heavy (non-hydrogen) atoms. The van der Waals surface area contributed by atoms with Gasteiger partial charge < -0.3 is 49.9 Å². The summed E-state index contributed by atoms with van der Waals surface area (Å²) in [5, 5.41) is 0. The summed E-state index contributed by atoms with van der Waals surface area (Å²) < 4.78 is 114. The van der Waals surface area contributed by atoms with Crippen LogP contribution < -0.4 is 17.2 Å². The van der Waals surface area contributed by atoms with Crippen LogP contribution in [0.3, 0.4) is 0 Å². The summed E-state index contributed by atoms with van der Waals surface area (Å²) in [6.07, 6.45) is -7.58. The molecule has 2 fully saturated rings. The van der Waals surface area contributed by atoms with E-state index in [1.165, 1.54) is 35.0 Å². The fraction of sp³-hybridized carbons (Fsp3) is 0.543. The smallest absolute Gasteiger partial charge is 0.382 e. The molecule has 22 nitrogen and oxygen atoms in total. The standard InChI is InChI=1S/C35H46BF2N11O11P2S/c1-20-28(24(37)34(57-20)48-18-46-26-30(40)42-16-44-32(26)48)60-62(51,63-15-22-5-3-21(4-6-22)13-55-12-11-54-10-9-53-8-7-39)56-14-23-29(59-61(36,50)52-2)25(38)35(58-23)49-19-47-27-31(41)43-17-45-33(27)49/h3-6,16-20,23-25,28-29,34-35H,7-15,39H2,1-2H3,(H2,40,42,44)(H2,41,43,45)/t20-,23-,24-,25-,28-,29-,34-,35-,61?,62+/m1/s1. The topological polar surface area (TPSA) is 282 Å². The van der Waals surface area contributed by atoms with Crippen molar-refractivity contribution in [3.05, 3.63) is 60.7 Å². The van der Waals surface area contributed by atoms with Gasteiger partial charge in [0.2, 0.25) is 7.57 Å². The number of nitrogen functional groups attached to an aromatic ring is 2. The van der Waals surface area contributed by atoms with E-state index in [9.17, 15) is 9.13 Å². The van der Waals surface area contributed by atoms with Gasteiger partial charge in [0.05, 0.1) is 65.0 Å². The molecule has 1 aromatic carbocycles. The fourth-order valence-corrected chi connectivity index (χ4v) is 10.8. The summed E-state index contributed by atoms with van der Waals surface area (Å²) in [7, 11) is 2.38. The quantitative estimate of drug-likeness (QED) is 0.0479. The molecule has 5 aromatic rings. The lowest BCUT2D eigenvalue weighted by Crippen LogP contribution is -2.34. The molecule has 2 radical (unpaired) electrons. The molecule has 2 aliphatic heterocycles. The minimum absolute atomic E-state index is 0.0307. The molecule has 6 N–H and O–H groups in total. The molecule has 28 heteroatoms. The van der Waals surface area contributed by atoms with Gasteiger partial charge in [-0.25, -0.2) is 43.2 Å². The van der Waals surface area contributed by atoms with Crippen LogP contribution in [0.2, 0.25) is 0 Å². The van der Waals surface area contributed by atoms with E-state index in [-0.39, 0.29) is 39.7 Å². The summed E-state index contributed by atoms with van der Waals surface area (Å²) in [5.41, 5.74) is 19.6. The Hall–Kier alpha value is -3.75. The van der Waals surface area contributed by atoms with Crippen LogP contribution in [0, 0.1) is 0 Å². The van der Waals surface area contributed by atoms with E-state index >= 15 is 8.78 Å². The number of nitrogens with two attached hydrogens (primary N) is 3. The molecule has 10 atom stereocenters. The normalized spacial score (nSPS) is 25.8. The first-order valence-corrected chi connectivity index (χ1v) is 24.2. The van der Waals surface area contributed by atoms with Gasteiger partial charge in [-0.3, -0.25) is 22.7 Å². The Morgan fingerprint density at radius 3 is 1.94 bits per heavy atom. The fourth-order valence-electron chi connectivity index (χ4n) is 6.67. The Bertz CT molecular complexity index is 2400. The van der Waals surface area contributed by atoms with Crippen LogP contribution in [0.4, 0.5) is 20.4 Å². The van der Waals surface area contributed by atoms with Crippen molar-refractivity contribution in [3.63, 3.8) is 0 Å². The number of alkyl halides is 2. The maximum Gasteiger partial charge on any atom is 0.389 e. The predicted octanol–water partition coefficient (Wildman–Crippen LogP) is 3.58. The van der Waals surface area contributed by atoms with Crippen molar-refractivity contribution in [3.8, 4) is 0 Å². The average molecular weight is 940 g/mol. The number of benzene rings is 1. The Kier molecular flexibility index (Phi) is 15.8. The van der Waals surface area contributed by atoms with Crippen LogP contribution in [-0.4, -0.2) is 137 Å². The van der Waals surface area contributed by atoms with Gasteiger partial charge in [0, 0.05) is 19.4 Å². The largest absolute Gasteiger partial charge is 0.389 e. The van der Waals surface area contributed by atoms with Gasteiger partial charge in [0.25, 0.3) is 7.47 Å². The zero-order valence-electron chi connectivity index (χ0n) is 34.0. The molecule has 7 rings (SSSR count). The molecule has 2 saturated heterocycles. The third-order valence-corrected chi connectivity index (χ3v) is 14.6. The zero-order chi connectivity index (χ0) is 44.7. The summed E-state index contributed by atoms with van der Waals surface area (Å²) in [4.78, 5) is 24.5. The number of imidazole rings is 2. The van der Waals surface area contributed by atoms with Gasteiger partial charge in [0.15, 0.2) is 47.7 Å². The number of aromatic nitrogens is 8. The molecule has 0 bridgehead atoms. The average Bonchev–Trinajstić information content (AvgIpc) is 4.04. The van der Waals surface area contributed by atoms with Crippen LogP contribution in [0.1, 0.15) is 30.5 Å². The molecule has 340 valence electrons. The Balaban J connectivity index is 1.08. The van der Waals surface area contributed by atoms with Crippen LogP contribution in [0.5, 0.6) is 0 Å². The number of halogens is 2. The number of hydrogen-bond acceptors (Lipinski definition) is 21. The highest BCUT2D eigenvalue weighted by molar-refractivity contribution is 8.54. The van der Waals surface area contributed by atoms with Gasteiger partial charge in [-0.2, -0.15) is 0 Å². The minimum atomic E-state index is -4.47. The second-order valence-electron chi connectivity index (χ2n) is 14.1. The molecule has 1 unspecified atom stereocenters. The lowest BCUT2D eigenvalue weighted by Gasteiger charge is -2.27. The first-order valence-electron chi connectivity index (χ1n) is 19.5. The highest BCUT2D eigenvalue weighted by Crippen LogP contribution is 2.64.